The lowest BCUT2D eigenvalue weighted by atomic mass is 9.96. The molecule has 0 saturated carbocycles. The maximum absolute atomic E-state index is 13.0. The van der Waals surface area contributed by atoms with Crippen LogP contribution in [-0.2, 0) is 0 Å². The van der Waals surface area contributed by atoms with Gasteiger partial charge in [-0.3, -0.25) is 4.79 Å². The van der Waals surface area contributed by atoms with Gasteiger partial charge >= 0.3 is 0 Å². The van der Waals surface area contributed by atoms with Crippen molar-refractivity contribution in [2.75, 3.05) is 27.9 Å². The third-order valence-corrected chi connectivity index (χ3v) is 4.33. The van der Waals surface area contributed by atoms with Crippen LogP contribution in [0.2, 0.25) is 0 Å². The third kappa shape index (κ3) is 4.05. The number of nitrogens with zero attached hydrogens (tertiary/aromatic N) is 1. The van der Waals surface area contributed by atoms with Crippen molar-refractivity contribution in [1.29, 1.82) is 0 Å². The van der Waals surface area contributed by atoms with Gasteiger partial charge in [-0.05, 0) is 38.3 Å². The van der Waals surface area contributed by atoms with Gasteiger partial charge in [0.15, 0.2) is 11.5 Å². The Balaban J connectivity index is 0.00000288. The molecule has 1 aliphatic rings. The number of piperidine rings is 1. The number of ether oxygens (including phenoxy) is 3. The van der Waals surface area contributed by atoms with E-state index in [2.05, 4.69) is 0 Å². The van der Waals surface area contributed by atoms with Gasteiger partial charge in [0.05, 0.1) is 21.3 Å². The van der Waals surface area contributed by atoms with E-state index in [0.717, 1.165) is 25.8 Å². The van der Waals surface area contributed by atoms with Crippen LogP contribution in [-0.4, -0.2) is 50.8 Å². The van der Waals surface area contributed by atoms with Crippen LogP contribution < -0.4 is 19.9 Å². The number of hydrogen-bond donors (Lipinski definition) is 1. The fraction of sp³-hybridized carbons (Fsp3) is 0.588. The quantitative estimate of drug-likeness (QED) is 0.875. The molecule has 0 radical (unpaired) electrons. The largest absolute Gasteiger partial charge is 0.493 e. The summed E-state index contributed by atoms with van der Waals surface area (Å²) < 4.78 is 16.0. The molecule has 24 heavy (non-hydrogen) atoms. The molecule has 2 unspecified atom stereocenters. The fourth-order valence-corrected chi connectivity index (χ4v) is 3.13. The monoisotopic (exact) mass is 358 g/mol. The summed E-state index contributed by atoms with van der Waals surface area (Å²) in [4.78, 5) is 14.8. The van der Waals surface area contributed by atoms with Crippen LogP contribution in [0, 0.1) is 0 Å². The van der Waals surface area contributed by atoms with Crippen molar-refractivity contribution in [2.24, 2.45) is 5.73 Å². The summed E-state index contributed by atoms with van der Waals surface area (Å²) in [6.45, 7) is 2.67. The minimum Gasteiger partial charge on any atom is -0.493 e. The fourth-order valence-electron chi connectivity index (χ4n) is 3.13. The van der Waals surface area contributed by atoms with Crippen molar-refractivity contribution in [1.82, 2.24) is 4.90 Å². The number of carbonyl (C=O) groups excluding carboxylic acids is 1. The van der Waals surface area contributed by atoms with E-state index in [0.29, 0.717) is 22.8 Å². The molecule has 6 nitrogen and oxygen atoms in total. The van der Waals surface area contributed by atoms with Crippen LogP contribution in [0.3, 0.4) is 0 Å². The topological polar surface area (TPSA) is 74.0 Å². The first kappa shape index (κ1) is 20.4. The van der Waals surface area contributed by atoms with Gasteiger partial charge in [-0.1, -0.05) is 0 Å². The minimum atomic E-state index is -0.0544. The molecule has 2 N–H and O–H groups in total. The maximum Gasteiger partial charge on any atom is 0.254 e. The first-order valence-corrected chi connectivity index (χ1v) is 7.90. The Morgan fingerprint density at radius 1 is 1.17 bits per heavy atom. The molecule has 136 valence electrons. The van der Waals surface area contributed by atoms with Gasteiger partial charge in [0.1, 0.15) is 0 Å². The molecule has 1 aromatic rings. The van der Waals surface area contributed by atoms with Gasteiger partial charge in [-0.15, -0.1) is 12.4 Å². The smallest absolute Gasteiger partial charge is 0.254 e. The molecule has 0 bridgehead atoms. The summed E-state index contributed by atoms with van der Waals surface area (Å²) >= 11 is 0. The van der Waals surface area contributed by atoms with Crippen molar-refractivity contribution < 1.29 is 19.0 Å². The van der Waals surface area contributed by atoms with E-state index in [1.54, 1.807) is 19.2 Å². The lowest BCUT2D eigenvalue weighted by molar-refractivity contribution is 0.0583. The minimum absolute atomic E-state index is 0. The molecule has 0 aromatic heterocycles. The van der Waals surface area contributed by atoms with Gasteiger partial charge < -0.3 is 24.8 Å². The summed E-state index contributed by atoms with van der Waals surface area (Å²) in [7, 11) is 4.62. The molecule has 0 spiro atoms. The van der Waals surface area contributed by atoms with Crippen molar-refractivity contribution in [3.05, 3.63) is 17.7 Å². The van der Waals surface area contributed by atoms with E-state index in [-0.39, 0.29) is 30.4 Å². The molecule has 1 fully saturated rings. The third-order valence-electron chi connectivity index (χ3n) is 4.33. The molecule has 1 aromatic carbocycles. The molecule has 7 heteroatoms. The molecular formula is C17H27ClN2O4. The molecule has 1 heterocycles. The van der Waals surface area contributed by atoms with Gasteiger partial charge in [-0.2, -0.15) is 0 Å². The standard InChI is InChI=1S/C17H26N2O4.ClH/c1-11(18)13-7-5-6-8-19(13)17(20)12-9-14(21-2)16(23-4)15(10-12)22-3;/h9-11,13H,5-8,18H2,1-4H3;1H. The second-order valence-corrected chi connectivity index (χ2v) is 5.83. The number of nitrogens with two attached hydrogens (primary N) is 1. The molecule has 1 saturated heterocycles. The van der Waals surface area contributed by atoms with Crippen molar-refractivity contribution in [3.8, 4) is 17.2 Å². The van der Waals surface area contributed by atoms with Crippen molar-refractivity contribution >= 4 is 18.3 Å². The molecule has 2 atom stereocenters. The van der Waals surface area contributed by atoms with E-state index in [4.69, 9.17) is 19.9 Å². The summed E-state index contributed by atoms with van der Waals surface area (Å²) in [5, 5.41) is 0. The molecule has 1 amide bonds. The zero-order valence-electron chi connectivity index (χ0n) is 14.7. The number of benzene rings is 1. The van der Waals surface area contributed by atoms with E-state index < -0.39 is 0 Å². The highest BCUT2D eigenvalue weighted by Gasteiger charge is 2.30. The van der Waals surface area contributed by atoms with Crippen LogP contribution in [0.25, 0.3) is 0 Å². The van der Waals surface area contributed by atoms with Crippen LogP contribution in [0.5, 0.6) is 17.2 Å². The zero-order chi connectivity index (χ0) is 17.0. The van der Waals surface area contributed by atoms with Gasteiger partial charge in [0.2, 0.25) is 5.75 Å². The van der Waals surface area contributed by atoms with Gasteiger partial charge in [-0.25, -0.2) is 0 Å². The molecular weight excluding hydrogens is 332 g/mol. The lowest BCUT2D eigenvalue weighted by Crippen LogP contribution is -2.51. The molecule has 0 aliphatic carbocycles. The lowest BCUT2D eigenvalue weighted by Gasteiger charge is -2.38. The van der Waals surface area contributed by atoms with Crippen LogP contribution in [0.1, 0.15) is 36.5 Å². The summed E-state index contributed by atoms with van der Waals surface area (Å²) in [5.74, 6) is 1.38. The molecule has 1 aliphatic heterocycles. The normalized spacial score (nSPS) is 18.4. The first-order chi connectivity index (χ1) is 11.0. The Labute approximate surface area is 149 Å². The maximum atomic E-state index is 13.0. The van der Waals surface area contributed by atoms with Crippen LogP contribution in [0.15, 0.2) is 12.1 Å². The summed E-state index contributed by atoms with van der Waals surface area (Å²) in [6, 6.07) is 3.39. The van der Waals surface area contributed by atoms with Crippen LogP contribution in [0.4, 0.5) is 0 Å². The number of hydrogen-bond acceptors (Lipinski definition) is 5. The van der Waals surface area contributed by atoms with Crippen molar-refractivity contribution in [3.63, 3.8) is 0 Å². The van der Waals surface area contributed by atoms with Crippen LogP contribution >= 0.6 is 12.4 Å². The SMILES string of the molecule is COc1cc(C(=O)N2CCCCC2C(C)N)cc(OC)c1OC.Cl. The summed E-state index contributed by atoms with van der Waals surface area (Å²) in [6.07, 6.45) is 3.04. The number of rotatable bonds is 5. The highest BCUT2D eigenvalue weighted by atomic mass is 35.5. The summed E-state index contributed by atoms with van der Waals surface area (Å²) in [5.41, 5.74) is 6.59. The Bertz CT molecular complexity index is 541. The highest BCUT2D eigenvalue weighted by Crippen LogP contribution is 2.38. The highest BCUT2D eigenvalue weighted by molar-refractivity contribution is 5.96. The Kier molecular flexibility index (Phi) is 7.63. The number of amides is 1. The second-order valence-electron chi connectivity index (χ2n) is 5.83. The number of likely N-dealkylation sites (tertiary alicyclic amines) is 1. The van der Waals surface area contributed by atoms with Gasteiger partial charge in [0.25, 0.3) is 5.91 Å². The average molecular weight is 359 g/mol. The first-order valence-electron chi connectivity index (χ1n) is 7.90. The molecule has 2 rings (SSSR count). The predicted octanol–water partition coefficient (Wildman–Crippen LogP) is 2.48. The zero-order valence-corrected chi connectivity index (χ0v) is 15.5. The van der Waals surface area contributed by atoms with E-state index in [1.807, 2.05) is 11.8 Å². The number of carbonyl (C=O) groups is 1. The predicted molar refractivity (Wildman–Crippen MR) is 95.7 cm³/mol. The number of halogens is 1. The van der Waals surface area contributed by atoms with E-state index >= 15 is 0 Å². The second kappa shape index (κ2) is 8.99. The van der Waals surface area contributed by atoms with E-state index in [1.165, 1.54) is 14.2 Å². The Morgan fingerprint density at radius 3 is 2.21 bits per heavy atom. The Morgan fingerprint density at radius 2 is 1.75 bits per heavy atom. The average Bonchev–Trinajstić information content (AvgIpc) is 2.59. The van der Waals surface area contributed by atoms with Crippen molar-refractivity contribution in [2.45, 2.75) is 38.3 Å². The Hall–Kier alpha value is -1.66. The van der Waals surface area contributed by atoms with Gasteiger partial charge in [0, 0.05) is 24.2 Å². The number of methoxy groups -OCH3 is 3. The van der Waals surface area contributed by atoms with E-state index in [9.17, 15) is 4.79 Å².